The average molecular weight is 667 g/mol. The molecule has 47 heavy (non-hydrogen) atoms. The first-order valence-electron chi connectivity index (χ1n) is 14.9. The minimum absolute atomic E-state index is 0.0505. The summed E-state index contributed by atoms with van der Waals surface area (Å²) in [6, 6.07) is 8.88. The Morgan fingerprint density at radius 1 is 1.11 bits per heavy atom. The summed E-state index contributed by atoms with van der Waals surface area (Å²) in [5.74, 6) is -0.411. The number of nitrogens with one attached hydrogen (secondary N) is 3. The van der Waals surface area contributed by atoms with Crippen LogP contribution >= 0.6 is 0 Å². The number of carbonyl (C=O) groups excluding carboxylic acids is 2. The lowest BCUT2D eigenvalue weighted by molar-refractivity contribution is -0.111. The fourth-order valence-corrected chi connectivity index (χ4v) is 5.94. The molecule has 1 aliphatic heterocycles. The first kappa shape index (κ1) is 35.0. The number of ether oxygens (including phenoxy) is 2. The summed E-state index contributed by atoms with van der Waals surface area (Å²) in [6.07, 6.45) is 3.80. The number of carbonyl (C=O) groups is 2. The zero-order valence-electron chi connectivity index (χ0n) is 27.7. The largest absolute Gasteiger partial charge is 0.494 e. The van der Waals surface area contributed by atoms with Gasteiger partial charge in [-0.3, -0.25) is 9.10 Å². The standard InChI is InChI=1S/C32H42N8O6S/c1-9-28(41)34-24-17-25(27(45-7)18-26(24)39(6)16-15-38(4)5)36-32-33-19-22(31(42)46-20(2)3)30(37-32)35-23-12-10-11-21-13-14-40(29(21)23)47(8,43)44/h9-12,17-20H,1,13-16H2,2-8H3,(H,34,41)(H2,33,35,36,37). The molecule has 0 aliphatic carbocycles. The van der Waals surface area contributed by atoms with E-state index in [1.165, 1.54) is 23.7 Å². The molecule has 0 unspecified atom stereocenters. The first-order chi connectivity index (χ1) is 22.2. The number of esters is 1. The van der Waals surface area contributed by atoms with Gasteiger partial charge in [-0.25, -0.2) is 18.2 Å². The molecule has 4 rings (SSSR count). The second kappa shape index (κ2) is 14.7. The number of amides is 1. The molecule has 252 valence electrons. The molecule has 0 radical (unpaired) electrons. The van der Waals surface area contributed by atoms with Gasteiger partial charge in [0, 0.05) is 38.9 Å². The highest BCUT2D eigenvalue weighted by molar-refractivity contribution is 7.92. The van der Waals surface area contributed by atoms with Gasteiger partial charge < -0.3 is 35.2 Å². The number of nitrogens with zero attached hydrogens (tertiary/aromatic N) is 5. The van der Waals surface area contributed by atoms with Gasteiger partial charge in [0.25, 0.3) is 0 Å². The Morgan fingerprint density at radius 2 is 1.85 bits per heavy atom. The van der Waals surface area contributed by atoms with Gasteiger partial charge in [0.15, 0.2) is 5.82 Å². The van der Waals surface area contributed by atoms with Crippen molar-refractivity contribution in [2.75, 3.05) is 79.3 Å². The van der Waals surface area contributed by atoms with Crippen LogP contribution in [0.2, 0.25) is 0 Å². The third-order valence-corrected chi connectivity index (χ3v) is 8.43. The summed E-state index contributed by atoms with van der Waals surface area (Å²) in [6.45, 7) is 8.77. The van der Waals surface area contributed by atoms with Crippen LogP contribution in [0, 0.1) is 0 Å². The summed E-state index contributed by atoms with van der Waals surface area (Å²) < 4.78 is 37.7. The summed E-state index contributed by atoms with van der Waals surface area (Å²) in [4.78, 5) is 38.5. The number of aromatic nitrogens is 2. The predicted molar refractivity (Wildman–Crippen MR) is 185 cm³/mol. The zero-order valence-corrected chi connectivity index (χ0v) is 28.6. The third-order valence-electron chi connectivity index (χ3n) is 7.26. The molecule has 2 heterocycles. The number of hydrogen-bond acceptors (Lipinski definition) is 12. The molecule has 1 amide bonds. The van der Waals surface area contributed by atoms with Crippen molar-refractivity contribution < 1.29 is 27.5 Å². The maximum atomic E-state index is 13.1. The topological polar surface area (TPSA) is 158 Å². The number of fused-ring (bicyclic) bond motifs is 1. The highest BCUT2D eigenvalue weighted by Gasteiger charge is 2.30. The molecule has 0 saturated heterocycles. The van der Waals surface area contributed by atoms with E-state index in [0.29, 0.717) is 53.7 Å². The van der Waals surface area contributed by atoms with Crippen molar-refractivity contribution in [3.8, 4) is 5.75 Å². The van der Waals surface area contributed by atoms with Gasteiger partial charge in [-0.15, -0.1) is 0 Å². The maximum Gasteiger partial charge on any atom is 0.343 e. The second-order valence-corrected chi connectivity index (χ2v) is 13.5. The summed E-state index contributed by atoms with van der Waals surface area (Å²) in [5, 5.41) is 9.17. The van der Waals surface area contributed by atoms with Crippen LogP contribution < -0.4 is 29.9 Å². The van der Waals surface area contributed by atoms with Crippen LogP contribution in [0.1, 0.15) is 29.8 Å². The van der Waals surface area contributed by atoms with E-state index in [9.17, 15) is 18.0 Å². The fraction of sp³-hybridized carbons (Fsp3) is 0.375. The van der Waals surface area contributed by atoms with E-state index in [-0.39, 0.29) is 17.3 Å². The van der Waals surface area contributed by atoms with Crippen LogP contribution in [-0.2, 0) is 26.0 Å². The number of hydrogen-bond donors (Lipinski definition) is 3. The molecule has 0 spiro atoms. The zero-order chi connectivity index (χ0) is 34.5. The summed E-state index contributed by atoms with van der Waals surface area (Å²) in [7, 11) is 3.83. The van der Waals surface area contributed by atoms with Gasteiger partial charge >= 0.3 is 5.97 Å². The SMILES string of the molecule is C=CC(=O)Nc1cc(Nc2ncc(C(=O)OC(C)C)c(Nc3cccc4c3N(S(C)(=O)=O)CC4)n2)c(OC)cc1N(C)CCN(C)C. The van der Waals surface area contributed by atoms with E-state index in [1.54, 1.807) is 38.1 Å². The van der Waals surface area contributed by atoms with Crippen molar-refractivity contribution in [3.63, 3.8) is 0 Å². The lowest BCUT2D eigenvalue weighted by Crippen LogP contribution is -2.29. The monoisotopic (exact) mass is 666 g/mol. The van der Waals surface area contributed by atoms with E-state index in [0.717, 1.165) is 18.4 Å². The molecule has 3 N–H and O–H groups in total. The lowest BCUT2D eigenvalue weighted by atomic mass is 10.1. The van der Waals surface area contributed by atoms with Crippen molar-refractivity contribution in [1.29, 1.82) is 0 Å². The molecular formula is C32H42N8O6S. The number of methoxy groups -OCH3 is 1. The molecular weight excluding hydrogens is 624 g/mol. The molecule has 14 nitrogen and oxygen atoms in total. The maximum absolute atomic E-state index is 13.1. The van der Waals surface area contributed by atoms with E-state index in [1.807, 2.05) is 32.1 Å². The Labute approximate surface area is 275 Å². The highest BCUT2D eigenvalue weighted by atomic mass is 32.2. The lowest BCUT2D eigenvalue weighted by Gasteiger charge is -2.26. The molecule has 0 saturated carbocycles. The Balaban J connectivity index is 1.78. The van der Waals surface area contributed by atoms with Crippen LogP contribution in [-0.4, -0.2) is 95.4 Å². The van der Waals surface area contributed by atoms with Crippen LogP contribution in [0.3, 0.4) is 0 Å². The van der Waals surface area contributed by atoms with Crippen molar-refractivity contribution in [1.82, 2.24) is 14.9 Å². The Bertz CT molecular complexity index is 1760. The second-order valence-electron chi connectivity index (χ2n) is 11.5. The van der Waals surface area contributed by atoms with Crippen molar-refractivity contribution in [2.45, 2.75) is 26.4 Å². The van der Waals surface area contributed by atoms with Gasteiger partial charge in [-0.1, -0.05) is 18.7 Å². The van der Waals surface area contributed by atoms with Gasteiger partial charge in [0.2, 0.25) is 21.9 Å². The molecule has 0 atom stereocenters. The minimum atomic E-state index is -3.56. The number of rotatable bonds is 14. The molecule has 0 fully saturated rings. The number of sulfonamides is 1. The van der Waals surface area contributed by atoms with E-state index in [2.05, 4.69) is 37.4 Å². The minimum Gasteiger partial charge on any atom is -0.494 e. The third kappa shape index (κ3) is 8.48. The number of para-hydroxylation sites is 1. The Morgan fingerprint density at radius 3 is 2.49 bits per heavy atom. The fourth-order valence-electron chi connectivity index (χ4n) is 4.97. The molecule has 15 heteroatoms. The van der Waals surface area contributed by atoms with Crippen LogP contribution in [0.25, 0.3) is 0 Å². The molecule has 3 aromatic rings. The van der Waals surface area contributed by atoms with E-state index >= 15 is 0 Å². The highest BCUT2D eigenvalue weighted by Crippen LogP contribution is 2.40. The van der Waals surface area contributed by atoms with Crippen molar-refractivity contribution >= 4 is 62.1 Å². The van der Waals surface area contributed by atoms with Crippen LogP contribution in [0.15, 0.2) is 49.2 Å². The van der Waals surface area contributed by atoms with E-state index in [4.69, 9.17) is 9.47 Å². The smallest absolute Gasteiger partial charge is 0.343 e. The van der Waals surface area contributed by atoms with Crippen molar-refractivity contribution in [3.05, 3.63) is 60.3 Å². The first-order valence-corrected chi connectivity index (χ1v) is 16.8. The van der Waals surface area contributed by atoms with Gasteiger partial charge in [-0.05, 0) is 58.1 Å². The number of benzene rings is 2. The predicted octanol–water partition coefficient (Wildman–Crippen LogP) is 3.98. The molecule has 2 aromatic carbocycles. The van der Waals surface area contributed by atoms with Gasteiger partial charge in [0.1, 0.15) is 11.3 Å². The van der Waals surface area contributed by atoms with Gasteiger partial charge in [0.05, 0.1) is 47.9 Å². The van der Waals surface area contributed by atoms with Crippen molar-refractivity contribution in [2.24, 2.45) is 0 Å². The van der Waals surface area contributed by atoms with Crippen LogP contribution in [0.4, 0.5) is 40.2 Å². The normalized spacial score (nSPS) is 12.5. The summed E-state index contributed by atoms with van der Waals surface area (Å²) in [5.41, 5.74) is 3.48. The van der Waals surface area contributed by atoms with Gasteiger partial charge in [-0.2, -0.15) is 4.98 Å². The summed E-state index contributed by atoms with van der Waals surface area (Å²) >= 11 is 0. The average Bonchev–Trinajstić information content (AvgIpc) is 3.46. The number of anilines is 7. The van der Waals surface area contributed by atoms with Crippen LogP contribution in [0.5, 0.6) is 5.75 Å². The molecule has 1 aromatic heterocycles. The quantitative estimate of drug-likeness (QED) is 0.168. The Hall–Kier alpha value is -4.89. The molecule has 1 aliphatic rings. The van der Waals surface area contributed by atoms with E-state index < -0.39 is 28.0 Å². The molecule has 0 bridgehead atoms. The Kier molecular flexibility index (Phi) is 10.9. The number of likely N-dealkylation sites (N-methyl/N-ethyl adjacent to an activating group) is 2.